The van der Waals surface area contributed by atoms with Gasteiger partial charge in [0.2, 0.25) is 0 Å². The number of nitrogens with zero attached hydrogens (tertiary/aromatic N) is 1. The molecule has 0 aliphatic carbocycles. The van der Waals surface area contributed by atoms with Crippen LogP contribution in [0.5, 0.6) is 0 Å². The molecule has 1 rings (SSSR count). The van der Waals surface area contributed by atoms with Crippen LogP contribution in [0.25, 0.3) is 0 Å². The average Bonchev–Trinajstić information content (AvgIpc) is 2.25. The molecule has 15 heavy (non-hydrogen) atoms. The van der Waals surface area contributed by atoms with Crippen LogP contribution in [0, 0.1) is 5.41 Å². The van der Waals surface area contributed by atoms with Crippen LogP contribution in [0.2, 0.25) is 0 Å². The van der Waals surface area contributed by atoms with Gasteiger partial charge in [-0.3, -0.25) is 0 Å². The highest BCUT2D eigenvalue weighted by Crippen LogP contribution is 2.30. The third-order valence-electron chi connectivity index (χ3n) is 2.97. The fraction of sp³-hybridized carbons (Fsp3) is 1.00. The molecule has 1 aliphatic heterocycles. The second-order valence-corrected chi connectivity index (χ2v) is 4.31. The minimum absolute atomic E-state index is 0.279. The fourth-order valence-corrected chi connectivity index (χ4v) is 1.95. The molecule has 0 unspecified atom stereocenters. The first kappa shape index (κ1) is 14.9. The lowest BCUT2D eigenvalue weighted by Gasteiger charge is -2.38. The summed E-state index contributed by atoms with van der Waals surface area (Å²) in [6.07, 6.45) is 2.36. The molecule has 0 atom stereocenters. The summed E-state index contributed by atoms with van der Waals surface area (Å²) in [5.41, 5.74) is 0.362. The van der Waals surface area contributed by atoms with Crippen molar-refractivity contribution in [1.82, 2.24) is 4.90 Å². The maximum absolute atomic E-state index is 8.79. The molecule has 3 heteroatoms. The van der Waals surface area contributed by atoms with E-state index in [2.05, 4.69) is 11.8 Å². The van der Waals surface area contributed by atoms with E-state index in [9.17, 15) is 0 Å². The van der Waals surface area contributed by atoms with Gasteiger partial charge in [-0.25, -0.2) is 0 Å². The third kappa shape index (κ3) is 5.50. The van der Waals surface area contributed by atoms with Crippen molar-refractivity contribution in [2.75, 3.05) is 40.0 Å². The molecule has 0 aromatic heterocycles. The quantitative estimate of drug-likeness (QED) is 0.779. The Balaban J connectivity index is 0.000000921. The number of likely N-dealkylation sites (tertiary alicyclic amines) is 1. The van der Waals surface area contributed by atoms with Crippen molar-refractivity contribution < 1.29 is 9.84 Å². The number of aliphatic hydroxyl groups excluding tert-OH is 1. The van der Waals surface area contributed by atoms with Gasteiger partial charge in [0.15, 0.2) is 0 Å². The van der Waals surface area contributed by atoms with Gasteiger partial charge in [-0.15, -0.1) is 0 Å². The van der Waals surface area contributed by atoms with Crippen LogP contribution in [0.3, 0.4) is 0 Å². The molecule has 1 fully saturated rings. The Labute approximate surface area is 94.4 Å². The van der Waals surface area contributed by atoms with Gasteiger partial charge in [0, 0.05) is 13.7 Å². The van der Waals surface area contributed by atoms with Gasteiger partial charge in [0.05, 0.1) is 13.2 Å². The van der Waals surface area contributed by atoms with Gasteiger partial charge < -0.3 is 14.7 Å². The fourth-order valence-electron chi connectivity index (χ4n) is 1.95. The molecule has 3 nitrogen and oxygen atoms in total. The van der Waals surface area contributed by atoms with Gasteiger partial charge in [0.25, 0.3) is 0 Å². The van der Waals surface area contributed by atoms with E-state index in [1.807, 2.05) is 13.8 Å². The summed E-state index contributed by atoms with van der Waals surface area (Å²) in [7, 11) is 1.77. The average molecular weight is 217 g/mol. The van der Waals surface area contributed by atoms with Crippen molar-refractivity contribution in [2.24, 2.45) is 5.41 Å². The van der Waals surface area contributed by atoms with E-state index in [1.54, 1.807) is 7.11 Å². The Morgan fingerprint density at radius 3 is 2.20 bits per heavy atom. The highest BCUT2D eigenvalue weighted by Gasteiger charge is 2.29. The first-order valence-electron chi connectivity index (χ1n) is 6.02. The van der Waals surface area contributed by atoms with Crippen molar-refractivity contribution in [3.8, 4) is 0 Å². The Hall–Kier alpha value is -0.120. The Bertz CT molecular complexity index is 143. The molecule has 0 amide bonds. The highest BCUT2D eigenvalue weighted by molar-refractivity contribution is 4.81. The van der Waals surface area contributed by atoms with Crippen LogP contribution in [-0.4, -0.2) is 50.0 Å². The number of aliphatic hydroxyl groups is 1. The minimum Gasteiger partial charge on any atom is -0.395 e. The van der Waals surface area contributed by atoms with Gasteiger partial charge in [-0.2, -0.15) is 0 Å². The number of methoxy groups -OCH3 is 1. The molecule has 0 saturated carbocycles. The highest BCUT2D eigenvalue weighted by atomic mass is 16.5. The van der Waals surface area contributed by atoms with Crippen molar-refractivity contribution in [3.63, 3.8) is 0 Å². The Kier molecular flexibility index (Phi) is 8.02. The lowest BCUT2D eigenvalue weighted by molar-refractivity contribution is 0.0300. The molecule has 1 heterocycles. The first-order valence-corrected chi connectivity index (χ1v) is 6.02. The maximum atomic E-state index is 8.79. The standard InChI is InChI=1S/C10H21NO2.C2H6/c1-10(9-13-2)3-5-11(6-4-10)7-8-12;1-2/h12H,3-9H2,1-2H3;1-2H3. The minimum atomic E-state index is 0.279. The summed E-state index contributed by atoms with van der Waals surface area (Å²) >= 11 is 0. The second kappa shape index (κ2) is 8.08. The Morgan fingerprint density at radius 1 is 1.27 bits per heavy atom. The third-order valence-corrected chi connectivity index (χ3v) is 2.97. The van der Waals surface area contributed by atoms with Crippen molar-refractivity contribution in [1.29, 1.82) is 0 Å². The SMILES string of the molecule is CC.COCC1(C)CCN(CCO)CC1. The summed E-state index contributed by atoms with van der Waals surface area (Å²) in [4.78, 5) is 2.32. The van der Waals surface area contributed by atoms with Crippen molar-refractivity contribution in [2.45, 2.75) is 33.6 Å². The van der Waals surface area contributed by atoms with Crippen LogP contribution < -0.4 is 0 Å². The summed E-state index contributed by atoms with van der Waals surface area (Å²) in [5.74, 6) is 0. The van der Waals surface area contributed by atoms with Crippen LogP contribution in [0.4, 0.5) is 0 Å². The zero-order valence-corrected chi connectivity index (χ0v) is 10.8. The zero-order valence-electron chi connectivity index (χ0n) is 10.8. The van der Waals surface area contributed by atoms with Crippen LogP contribution in [0.15, 0.2) is 0 Å². The van der Waals surface area contributed by atoms with E-state index in [0.29, 0.717) is 5.41 Å². The molecular formula is C12H27NO2. The molecule has 1 saturated heterocycles. The molecule has 0 aromatic carbocycles. The lowest BCUT2D eigenvalue weighted by atomic mass is 9.81. The summed E-state index contributed by atoms with van der Waals surface area (Å²) < 4.78 is 5.21. The van der Waals surface area contributed by atoms with E-state index < -0.39 is 0 Å². The summed E-state index contributed by atoms with van der Waals surface area (Å²) in [6.45, 7) is 10.4. The molecule has 92 valence electrons. The van der Waals surface area contributed by atoms with Crippen molar-refractivity contribution >= 4 is 0 Å². The maximum Gasteiger partial charge on any atom is 0.0558 e. The monoisotopic (exact) mass is 217 g/mol. The normalized spacial score (nSPS) is 20.6. The number of β-amino-alcohol motifs (C(OH)–C–C–N with tert-alkyl or cyclic N) is 1. The molecule has 1 N–H and O–H groups in total. The van der Waals surface area contributed by atoms with Gasteiger partial charge in [-0.1, -0.05) is 20.8 Å². The first-order chi connectivity index (χ1) is 7.20. The topological polar surface area (TPSA) is 32.7 Å². The van der Waals surface area contributed by atoms with Gasteiger partial charge >= 0.3 is 0 Å². The number of hydrogen-bond donors (Lipinski definition) is 1. The molecule has 0 spiro atoms. The number of ether oxygens (including phenoxy) is 1. The van der Waals surface area contributed by atoms with E-state index >= 15 is 0 Å². The van der Waals surface area contributed by atoms with Crippen LogP contribution in [-0.2, 0) is 4.74 Å². The van der Waals surface area contributed by atoms with E-state index in [-0.39, 0.29) is 6.61 Å². The number of hydrogen-bond acceptors (Lipinski definition) is 3. The Morgan fingerprint density at radius 2 is 1.80 bits per heavy atom. The summed E-state index contributed by atoms with van der Waals surface area (Å²) in [6, 6.07) is 0. The van der Waals surface area contributed by atoms with Gasteiger partial charge in [0.1, 0.15) is 0 Å². The summed E-state index contributed by atoms with van der Waals surface area (Å²) in [5, 5.41) is 8.79. The smallest absolute Gasteiger partial charge is 0.0558 e. The predicted octanol–water partition coefficient (Wildman–Crippen LogP) is 1.75. The van der Waals surface area contributed by atoms with E-state index in [0.717, 1.165) is 26.2 Å². The molecule has 1 aliphatic rings. The largest absolute Gasteiger partial charge is 0.395 e. The van der Waals surface area contributed by atoms with Crippen LogP contribution in [0.1, 0.15) is 33.6 Å². The molecule has 0 aromatic rings. The van der Waals surface area contributed by atoms with Crippen LogP contribution >= 0.6 is 0 Å². The number of rotatable bonds is 4. The number of piperidine rings is 1. The van der Waals surface area contributed by atoms with E-state index in [1.165, 1.54) is 12.8 Å². The van der Waals surface area contributed by atoms with Crippen molar-refractivity contribution in [3.05, 3.63) is 0 Å². The molecular weight excluding hydrogens is 190 g/mol. The van der Waals surface area contributed by atoms with Gasteiger partial charge in [-0.05, 0) is 31.3 Å². The zero-order chi connectivity index (χ0) is 11.7. The molecule has 0 bridgehead atoms. The lowest BCUT2D eigenvalue weighted by Crippen LogP contribution is -2.41. The van der Waals surface area contributed by atoms with E-state index in [4.69, 9.17) is 9.84 Å². The second-order valence-electron chi connectivity index (χ2n) is 4.31. The predicted molar refractivity (Wildman–Crippen MR) is 64.1 cm³/mol. The molecule has 0 radical (unpaired) electrons.